The molecular formula is C13H21N5O2. The SMILES string of the molecule is Cc1nnc(OCCN(C)C2CC2)c(C(N)=NO)c1C. The van der Waals surface area contributed by atoms with Gasteiger partial charge < -0.3 is 20.6 Å². The van der Waals surface area contributed by atoms with Crippen molar-refractivity contribution in [3.63, 3.8) is 0 Å². The lowest BCUT2D eigenvalue weighted by Gasteiger charge is -2.17. The lowest BCUT2D eigenvalue weighted by atomic mass is 10.1. The fourth-order valence-corrected chi connectivity index (χ4v) is 2.02. The van der Waals surface area contributed by atoms with Gasteiger partial charge in [-0.1, -0.05) is 5.16 Å². The van der Waals surface area contributed by atoms with E-state index in [9.17, 15) is 0 Å². The fourth-order valence-electron chi connectivity index (χ4n) is 2.02. The van der Waals surface area contributed by atoms with Crippen molar-refractivity contribution in [2.45, 2.75) is 32.7 Å². The van der Waals surface area contributed by atoms with Crippen LogP contribution in [0.15, 0.2) is 5.16 Å². The second kappa shape index (κ2) is 6.04. The molecule has 0 aromatic carbocycles. The van der Waals surface area contributed by atoms with E-state index in [0.717, 1.165) is 17.8 Å². The molecule has 1 saturated carbocycles. The van der Waals surface area contributed by atoms with Crippen LogP contribution in [0.3, 0.4) is 0 Å². The lowest BCUT2D eigenvalue weighted by molar-refractivity contribution is 0.224. The summed E-state index contributed by atoms with van der Waals surface area (Å²) < 4.78 is 5.66. The molecule has 0 unspecified atom stereocenters. The van der Waals surface area contributed by atoms with Crippen molar-refractivity contribution in [3.8, 4) is 5.88 Å². The Bertz CT molecular complexity index is 514. The molecule has 2 rings (SSSR count). The monoisotopic (exact) mass is 279 g/mol. The number of amidine groups is 1. The molecular weight excluding hydrogens is 258 g/mol. The Balaban J connectivity index is 2.08. The summed E-state index contributed by atoms with van der Waals surface area (Å²) in [5.41, 5.74) is 7.74. The summed E-state index contributed by atoms with van der Waals surface area (Å²) in [7, 11) is 2.08. The third-order valence-corrected chi connectivity index (χ3v) is 3.64. The van der Waals surface area contributed by atoms with Gasteiger partial charge in [0.05, 0.1) is 11.3 Å². The molecule has 1 fully saturated rings. The average Bonchev–Trinajstić information content (AvgIpc) is 3.26. The van der Waals surface area contributed by atoms with Gasteiger partial charge in [0.25, 0.3) is 0 Å². The molecule has 1 aromatic rings. The number of hydrogen-bond donors (Lipinski definition) is 2. The topological polar surface area (TPSA) is 96.9 Å². The van der Waals surface area contributed by atoms with Crippen LogP contribution in [0.1, 0.15) is 29.7 Å². The minimum absolute atomic E-state index is 0.00829. The van der Waals surface area contributed by atoms with E-state index >= 15 is 0 Å². The van der Waals surface area contributed by atoms with E-state index in [1.807, 2.05) is 13.8 Å². The fraction of sp³-hybridized carbons (Fsp3) is 0.615. The van der Waals surface area contributed by atoms with Gasteiger partial charge in [0, 0.05) is 12.6 Å². The summed E-state index contributed by atoms with van der Waals surface area (Å²) in [5.74, 6) is 0.304. The summed E-state index contributed by atoms with van der Waals surface area (Å²) in [6, 6.07) is 0.688. The van der Waals surface area contributed by atoms with Crippen LogP contribution in [0.25, 0.3) is 0 Å². The summed E-state index contributed by atoms with van der Waals surface area (Å²) in [6.07, 6.45) is 2.52. The Kier molecular flexibility index (Phi) is 4.39. The van der Waals surface area contributed by atoms with Gasteiger partial charge in [0.15, 0.2) is 5.84 Å². The zero-order chi connectivity index (χ0) is 14.7. The third kappa shape index (κ3) is 3.16. The van der Waals surface area contributed by atoms with Crippen LogP contribution in [0.5, 0.6) is 5.88 Å². The second-order valence-corrected chi connectivity index (χ2v) is 5.14. The van der Waals surface area contributed by atoms with E-state index in [-0.39, 0.29) is 5.84 Å². The Morgan fingerprint density at radius 1 is 1.45 bits per heavy atom. The second-order valence-electron chi connectivity index (χ2n) is 5.14. The van der Waals surface area contributed by atoms with Crippen LogP contribution in [-0.4, -0.2) is 52.4 Å². The van der Waals surface area contributed by atoms with Crippen LogP contribution in [-0.2, 0) is 0 Å². The molecule has 7 nitrogen and oxygen atoms in total. The first-order chi connectivity index (χ1) is 9.54. The highest BCUT2D eigenvalue weighted by molar-refractivity contribution is 6.00. The van der Waals surface area contributed by atoms with Gasteiger partial charge in [0.2, 0.25) is 5.88 Å². The van der Waals surface area contributed by atoms with Gasteiger partial charge in [0.1, 0.15) is 6.61 Å². The number of hydrogen-bond acceptors (Lipinski definition) is 6. The zero-order valence-electron chi connectivity index (χ0n) is 12.1. The minimum atomic E-state index is -0.00829. The van der Waals surface area contributed by atoms with Crippen molar-refractivity contribution in [1.82, 2.24) is 15.1 Å². The van der Waals surface area contributed by atoms with Gasteiger partial charge in [-0.15, -0.1) is 5.10 Å². The number of likely N-dealkylation sites (N-methyl/N-ethyl adjacent to an activating group) is 1. The Labute approximate surface area is 118 Å². The minimum Gasteiger partial charge on any atom is -0.475 e. The van der Waals surface area contributed by atoms with Gasteiger partial charge in [-0.2, -0.15) is 5.10 Å². The van der Waals surface area contributed by atoms with E-state index in [1.165, 1.54) is 12.8 Å². The van der Waals surface area contributed by atoms with E-state index < -0.39 is 0 Å². The molecule has 0 atom stereocenters. The van der Waals surface area contributed by atoms with Gasteiger partial charge >= 0.3 is 0 Å². The van der Waals surface area contributed by atoms with E-state index in [1.54, 1.807) is 0 Å². The highest BCUT2D eigenvalue weighted by Gasteiger charge is 2.25. The number of oxime groups is 1. The predicted molar refractivity (Wildman–Crippen MR) is 75.2 cm³/mol. The van der Waals surface area contributed by atoms with Crippen LogP contribution in [0, 0.1) is 13.8 Å². The number of nitrogens with zero attached hydrogens (tertiary/aromatic N) is 4. The number of aryl methyl sites for hydroxylation is 1. The van der Waals surface area contributed by atoms with Crippen molar-refractivity contribution < 1.29 is 9.94 Å². The van der Waals surface area contributed by atoms with Crippen molar-refractivity contribution in [2.24, 2.45) is 10.9 Å². The molecule has 1 aliphatic carbocycles. The molecule has 20 heavy (non-hydrogen) atoms. The van der Waals surface area contributed by atoms with E-state index in [2.05, 4.69) is 27.3 Å². The number of aromatic nitrogens is 2. The van der Waals surface area contributed by atoms with Gasteiger partial charge in [-0.05, 0) is 39.3 Å². The van der Waals surface area contributed by atoms with Crippen molar-refractivity contribution >= 4 is 5.84 Å². The molecule has 110 valence electrons. The maximum atomic E-state index is 8.87. The number of nitrogens with two attached hydrogens (primary N) is 1. The van der Waals surface area contributed by atoms with Crippen LogP contribution < -0.4 is 10.5 Å². The molecule has 0 spiro atoms. The first-order valence-corrected chi connectivity index (χ1v) is 6.69. The Hall–Kier alpha value is -1.89. The molecule has 7 heteroatoms. The number of rotatable bonds is 6. The highest BCUT2D eigenvalue weighted by atomic mass is 16.5. The summed E-state index contributed by atoms with van der Waals surface area (Å²) >= 11 is 0. The molecule has 3 N–H and O–H groups in total. The highest BCUT2D eigenvalue weighted by Crippen LogP contribution is 2.25. The Morgan fingerprint density at radius 2 is 2.15 bits per heavy atom. The lowest BCUT2D eigenvalue weighted by Crippen LogP contribution is -2.27. The standard InChI is InChI=1S/C13H21N5O2/c1-8-9(2)15-16-13(11(8)12(14)17-19)20-7-6-18(3)10-4-5-10/h10,19H,4-7H2,1-3H3,(H2,14,17). The molecule has 0 amide bonds. The van der Waals surface area contributed by atoms with Crippen molar-refractivity contribution in [1.29, 1.82) is 0 Å². The quantitative estimate of drug-likeness (QED) is 0.344. The van der Waals surface area contributed by atoms with Crippen LogP contribution >= 0.6 is 0 Å². The first kappa shape index (κ1) is 14.5. The van der Waals surface area contributed by atoms with Crippen LogP contribution in [0.2, 0.25) is 0 Å². The van der Waals surface area contributed by atoms with Crippen molar-refractivity contribution in [3.05, 3.63) is 16.8 Å². The van der Waals surface area contributed by atoms with Gasteiger partial charge in [-0.25, -0.2) is 0 Å². The van der Waals surface area contributed by atoms with Crippen molar-refractivity contribution in [2.75, 3.05) is 20.2 Å². The smallest absolute Gasteiger partial charge is 0.244 e. The Morgan fingerprint density at radius 3 is 2.75 bits per heavy atom. The summed E-state index contributed by atoms with van der Waals surface area (Å²) in [6.45, 7) is 4.98. The largest absolute Gasteiger partial charge is 0.475 e. The number of ether oxygens (including phenoxy) is 1. The normalized spacial score (nSPS) is 15.7. The molecule has 1 aliphatic rings. The van der Waals surface area contributed by atoms with E-state index in [4.69, 9.17) is 15.7 Å². The maximum Gasteiger partial charge on any atom is 0.244 e. The average molecular weight is 279 g/mol. The molecule has 0 bridgehead atoms. The maximum absolute atomic E-state index is 8.87. The van der Waals surface area contributed by atoms with Gasteiger partial charge in [-0.3, -0.25) is 0 Å². The summed E-state index contributed by atoms with van der Waals surface area (Å²) in [5, 5.41) is 19.9. The van der Waals surface area contributed by atoms with Crippen LogP contribution in [0.4, 0.5) is 0 Å². The third-order valence-electron chi connectivity index (χ3n) is 3.64. The zero-order valence-corrected chi connectivity index (χ0v) is 12.1. The molecule has 1 heterocycles. The summed E-state index contributed by atoms with van der Waals surface area (Å²) in [4.78, 5) is 2.26. The molecule has 0 saturated heterocycles. The van der Waals surface area contributed by atoms with E-state index in [0.29, 0.717) is 24.1 Å². The first-order valence-electron chi connectivity index (χ1n) is 6.69. The molecule has 0 aliphatic heterocycles. The predicted octanol–water partition coefficient (Wildman–Crippen LogP) is 0.661. The molecule has 1 aromatic heterocycles. The molecule has 0 radical (unpaired) electrons.